The molecule has 0 bridgehead atoms. The minimum absolute atomic E-state index is 1.25. The molecule has 114 valence electrons. The van der Waals surface area contributed by atoms with Gasteiger partial charge in [0.25, 0.3) is 0 Å². The lowest BCUT2D eigenvalue weighted by atomic mass is 10.0. The minimum atomic E-state index is 1.25. The van der Waals surface area contributed by atoms with E-state index in [1.165, 1.54) is 76.3 Å². The summed E-state index contributed by atoms with van der Waals surface area (Å²) in [5, 5.41) is 0. The fourth-order valence-electron chi connectivity index (χ4n) is 2.64. The lowest BCUT2D eigenvalue weighted by molar-refractivity contribution is 0.389. The van der Waals surface area contributed by atoms with E-state index in [0.29, 0.717) is 0 Å². The quantitative estimate of drug-likeness (QED) is 0.468. The second kappa shape index (κ2) is 12.0. The summed E-state index contributed by atoms with van der Waals surface area (Å²) >= 11 is 0. The highest BCUT2D eigenvalue weighted by molar-refractivity contribution is 5.14. The van der Waals surface area contributed by atoms with Crippen molar-refractivity contribution < 1.29 is 0 Å². The molecule has 0 fully saturated rings. The third-order valence-corrected chi connectivity index (χ3v) is 3.91. The lowest BCUT2D eigenvalue weighted by Gasteiger charge is -2.08. The summed E-state index contributed by atoms with van der Waals surface area (Å²) in [5.74, 6) is 0. The molecule has 20 heavy (non-hydrogen) atoms. The molecule has 0 heterocycles. The Morgan fingerprint density at radius 1 is 0.650 bits per heavy atom. The predicted molar refractivity (Wildman–Crippen MR) is 90.3 cm³/mol. The maximum Gasteiger partial charge on any atom is -0.00248 e. The predicted octanol–water partition coefficient (Wildman–Crippen LogP) is 5.30. The van der Waals surface area contributed by atoms with Gasteiger partial charge in [0.2, 0.25) is 0 Å². The van der Waals surface area contributed by atoms with Gasteiger partial charge >= 0.3 is 0 Å². The third-order valence-electron chi connectivity index (χ3n) is 3.91. The lowest BCUT2D eigenvalue weighted by Crippen LogP contribution is -2.12. The fourth-order valence-corrected chi connectivity index (χ4v) is 2.64. The van der Waals surface area contributed by atoms with E-state index in [0.717, 1.165) is 0 Å². The second-order valence-electron chi connectivity index (χ2n) is 6.22. The SMILES string of the molecule is CN(C)CCCCCCCCCCCc1ccccc1. The van der Waals surface area contributed by atoms with Gasteiger partial charge in [0.1, 0.15) is 0 Å². The van der Waals surface area contributed by atoms with Crippen LogP contribution in [0.15, 0.2) is 30.3 Å². The molecule has 0 radical (unpaired) electrons. The van der Waals surface area contributed by atoms with Crippen molar-refractivity contribution >= 4 is 0 Å². The Hall–Kier alpha value is -0.820. The fraction of sp³-hybridized carbons (Fsp3) is 0.684. The molecule has 0 unspecified atom stereocenters. The molecule has 0 N–H and O–H groups in total. The van der Waals surface area contributed by atoms with Crippen molar-refractivity contribution in [2.45, 2.75) is 64.2 Å². The largest absolute Gasteiger partial charge is 0.309 e. The molecular weight excluding hydrogens is 242 g/mol. The van der Waals surface area contributed by atoms with Crippen LogP contribution in [0.4, 0.5) is 0 Å². The van der Waals surface area contributed by atoms with Crippen LogP contribution in [0, 0.1) is 0 Å². The van der Waals surface area contributed by atoms with Gasteiger partial charge < -0.3 is 4.90 Å². The van der Waals surface area contributed by atoms with E-state index in [9.17, 15) is 0 Å². The summed E-state index contributed by atoms with van der Waals surface area (Å²) in [7, 11) is 4.32. The molecule has 0 saturated heterocycles. The Morgan fingerprint density at radius 3 is 1.70 bits per heavy atom. The second-order valence-corrected chi connectivity index (χ2v) is 6.22. The molecule has 0 spiro atoms. The monoisotopic (exact) mass is 275 g/mol. The molecule has 1 aromatic rings. The van der Waals surface area contributed by atoms with Crippen molar-refractivity contribution in [1.82, 2.24) is 4.90 Å². The average molecular weight is 275 g/mol. The van der Waals surface area contributed by atoms with Crippen LogP contribution in [-0.4, -0.2) is 25.5 Å². The van der Waals surface area contributed by atoms with Crippen molar-refractivity contribution in [3.05, 3.63) is 35.9 Å². The van der Waals surface area contributed by atoms with Gasteiger partial charge in [-0.15, -0.1) is 0 Å². The number of unbranched alkanes of at least 4 members (excludes halogenated alkanes) is 8. The standard InChI is InChI=1S/C19H33N/c1-20(2)18-14-9-7-5-3-4-6-8-11-15-19-16-12-10-13-17-19/h10,12-13,16-17H,3-9,11,14-15,18H2,1-2H3. The number of nitrogens with zero attached hydrogens (tertiary/aromatic N) is 1. The normalized spacial score (nSPS) is 11.2. The van der Waals surface area contributed by atoms with Crippen molar-refractivity contribution in [1.29, 1.82) is 0 Å². The number of aryl methyl sites for hydroxylation is 1. The van der Waals surface area contributed by atoms with Gasteiger partial charge in [0.15, 0.2) is 0 Å². The van der Waals surface area contributed by atoms with Crippen LogP contribution in [0.2, 0.25) is 0 Å². The molecule has 0 atom stereocenters. The zero-order valence-electron chi connectivity index (χ0n) is 13.6. The molecule has 1 rings (SSSR count). The Bertz CT molecular complexity index is 305. The molecule has 1 heteroatoms. The molecular formula is C19H33N. The van der Waals surface area contributed by atoms with Gasteiger partial charge in [-0.05, 0) is 45.5 Å². The number of hydrogen-bond donors (Lipinski definition) is 0. The highest BCUT2D eigenvalue weighted by atomic mass is 15.0. The maximum absolute atomic E-state index is 2.28. The highest BCUT2D eigenvalue weighted by Crippen LogP contribution is 2.11. The molecule has 0 aliphatic heterocycles. The van der Waals surface area contributed by atoms with E-state index in [1.807, 2.05) is 0 Å². The van der Waals surface area contributed by atoms with Crippen LogP contribution in [0.1, 0.15) is 63.4 Å². The van der Waals surface area contributed by atoms with E-state index in [1.54, 1.807) is 0 Å². The average Bonchev–Trinajstić information content (AvgIpc) is 2.45. The van der Waals surface area contributed by atoms with Crippen LogP contribution in [0.5, 0.6) is 0 Å². The van der Waals surface area contributed by atoms with Crippen molar-refractivity contribution in [3.63, 3.8) is 0 Å². The van der Waals surface area contributed by atoms with Gasteiger partial charge in [0, 0.05) is 0 Å². The van der Waals surface area contributed by atoms with Crippen LogP contribution in [0.3, 0.4) is 0 Å². The van der Waals surface area contributed by atoms with E-state index < -0.39 is 0 Å². The van der Waals surface area contributed by atoms with Crippen LogP contribution in [-0.2, 0) is 6.42 Å². The van der Waals surface area contributed by atoms with Gasteiger partial charge in [-0.25, -0.2) is 0 Å². The first-order chi connectivity index (χ1) is 9.79. The molecule has 0 aromatic heterocycles. The van der Waals surface area contributed by atoms with Gasteiger partial charge in [-0.2, -0.15) is 0 Å². The highest BCUT2D eigenvalue weighted by Gasteiger charge is 1.95. The Kier molecular flexibility index (Phi) is 10.3. The van der Waals surface area contributed by atoms with Gasteiger partial charge in [-0.3, -0.25) is 0 Å². The number of hydrogen-bond acceptors (Lipinski definition) is 1. The first-order valence-corrected chi connectivity index (χ1v) is 8.47. The number of rotatable bonds is 12. The maximum atomic E-state index is 2.28. The van der Waals surface area contributed by atoms with E-state index in [2.05, 4.69) is 49.3 Å². The van der Waals surface area contributed by atoms with Gasteiger partial charge in [0.05, 0.1) is 0 Å². The molecule has 1 aromatic carbocycles. The summed E-state index contributed by atoms with van der Waals surface area (Å²) in [5.41, 5.74) is 1.49. The topological polar surface area (TPSA) is 3.24 Å². The van der Waals surface area contributed by atoms with E-state index in [4.69, 9.17) is 0 Å². The first-order valence-electron chi connectivity index (χ1n) is 8.47. The Morgan fingerprint density at radius 2 is 1.15 bits per heavy atom. The van der Waals surface area contributed by atoms with Crippen molar-refractivity contribution in [3.8, 4) is 0 Å². The van der Waals surface area contributed by atoms with E-state index in [-0.39, 0.29) is 0 Å². The molecule has 1 nitrogen and oxygen atoms in total. The van der Waals surface area contributed by atoms with Crippen LogP contribution in [0.25, 0.3) is 0 Å². The van der Waals surface area contributed by atoms with Crippen LogP contribution >= 0.6 is 0 Å². The Labute approximate surface area is 126 Å². The summed E-state index contributed by atoms with van der Waals surface area (Å²) in [4.78, 5) is 2.28. The smallest absolute Gasteiger partial charge is 0.00248 e. The molecule has 0 saturated carbocycles. The molecule has 0 aliphatic carbocycles. The zero-order valence-corrected chi connectivity index (χ0v) is 13.6. The van der Waals surface area contributed by atoms with Gasteiger partial charge in [-0.1, -0.05) is 75.3 Å². The zero-order chi connectivity index (χ0) is 14.5. The third kappa shape index (κ3) is 10.0. The molecule has 0 aliphatic rings. The first kappa shape index (κ1) is 17.2. The minimum Gasteiger partial charge on any atom is -0.309 e. The van der Waals surface area contributed by atoms with Crippen LogP contribution < -0.4 is 0 Å². The Balaban J connectivity index is 1.79. The summed E-state index contributed by atoms with van der Waals surface area (Å²) < 4.78 is 0. The summed E-state index contributed by atoms with van der Waals surface area (Å²) in [6.45, 7) is 1.25. The van der Waals surface area contributed by atoms with E-state index >= 15 is 0 Å². The summed E-state index contributed by atoms with van der Waals surface area (Å²) in [6.07, 6.45) is 13.9. The summed E-state index contributed by atoms with van der Waals surface area (Å²) in [6, 6.07) is 10.9. The van der Waals surface area contributed by atoms with Crippen molar-refractivity contribution in [2.24, 2.45) is 0 Å². The number of benzene rings is 1. The van der Waals surface area contributed by atoms with Crippen molar-refractivity contribution in [2.75, 3.05) is 20.6 Å². The molecule has 0 amide bonds.